The van der Waals surface area contributed by atoms with E-state index in [-0.39, 0.29) is 0 Å². The molecule has 0 aliphatic heterocycles. The molecule has 0 atom stereocenters. The molecule has 2 aromatic rings. The minimum atomic E-state index is 0.463. The zero-order valence-electron chi connectivity index (χ0n) is 9.24. The van der Waals surface area contributed by atoms with Gasteiger partial charge in [0.1, 0.15) is 16.8 Å². The van der Waals surface area contributed by atoms with E-state index in [0.29, 0.717) is 5.15 Å². The van der Waals surface area contributed by atoms with E-state index in [2.05, 4.69) is 37.9 Å². The van der Waals surface area contributed by atoms with Crippen molar-refractivity contribution >= 4 is 45.7 Å². The summed E-state index contributed by atoms with van der Waals surface area (Å²) in [5.74, 6) is 1.47. The first-order valence-corrected chi connectivity index (χ1v) is 6.69. The van der Waals surface area contributed by atoms with Crippen molar-refractivity contribution < 1.29 is 0 Å². The second-order valence-electron chi connectivity index (χ2n) is 3.48. The fourth-order valence-corrected chi connectivity index (χ4v) is 2.14. The molecule has 1 aromatic carbocycles. The Morgan fingerprint density at radius 3 is 2.82 bits per heavy atom. The smallest absolute Gasteiger partial charge is 0.135 e. The predicted octanol–water partition coefficient (Wildman–Crippen LogP) is 4.04. The molecule has 1 N–H and O–H groups in total. The number of halogens is 2. The summed E-state index contributed by atoms with van der Waals surface area (Å²) in [6.07, 6.45) is 0.765. The number of hydrogen-bond acceptors (Lipinski definition) is 3. The van der Waals surface area contributed by atoms with Crippen LogP contribution in [0, 0.1) is 3.57 Å². The summed E-state index contributed by atoms with van der Waals surface area (Å²) in [6, 6.07) is 9.79. The highest BCUT2D eigenvalue weighted by molar-refractivity contribution is 14.1. The van der Waals surface area contributed by atoms with E-state index < -0.39 is 0 Å². The number of aromatic nitrogens is 2. The lowest BCUT2D eigenvalue weighted by Crippen LogP contribution is -1.99. The van der Waals surface area contributed by atoms with E-state index in [1.54, 1.807) is 6.07 Å². The molecule has 1 heterocycles. The second kappa shape index (κ2) is 5.64. The third kappa shape index (κ3) is 3.54. The standard InChI is InChI=1S/C12H11ClIN3/c1-2-11-16-10(13)7-12(17-11)15-9-5-3-4-8(14)6-9/h3-7H,2H2,1H3,(H,15,16,17). The number of benzene rings is 1. The Morgan fingerprint density at radius 1 is 1.29 bits per heavy atom. The molecule has 2 rings (SSSR count). The highest BCUT2D eigenvalue weighted by Crippen LogP contribution is 2.19. The van der Waals surface area contributed by atoms with Gasteiger partial charge in [0, 0.05) is 21.7 Å². The number of aryl methyl sites for hydroxylation is 1. The molecule has 0 spiro atoms. The van der Waals surface area contributed by atoms with Crippen LogP contribution < -0.4 is 5.32 Å². The van der Waals surface area contributed by atoms with Crippen LogP contribution in [0.15, 0.2) is 30.3 Å². The van der Waals surface area contributed by atoms with Crippen LogP contribution in [-0.4, -0.2) is 9.97 Å². The van der Waals surface area contributed by atoms with Crippen molar-refractivity contribution in [2.45, 2.75) is 13.3 Å². The van der Waals surface area contributed by atoms with Gasteiger partial charge < -0.3 is 5.32 Å². The normalized spacial score (nSPS) is 10.3. The number of nitrogens with one attached hydrogen (secondary N) is 1. The predicted molar refractivity (Wildman–Crippen MR) is 78.9 cm³/mol. The van der Waals surface area contributed by atoms with Crippen LogP contribution in [0.2, 0.25) is 5.15 Å². The van der Waals surface area contributed by atoms with Gasteiger partial charge >= 0.3 is 0 Å². The topological polar surface area (TPSA) is 37.8 Å². The highest BCUT2D eigenvalue weighted by Gasteiger charge is 2.02. The Labute approximate surface area is 119 Å². The molecular weight excluding hydrogens is 349 g/mol. The summed E-state index contributed by atoms with van der Waals surface area (Å²) in [4.78, 5) is 8.49. The fourth-order valence-electron chi connectivity index (χ4n) is 1.40. The maximum Gasteiger partial charge on any atom is 0.135 e. The van der Waals surface area contributed by atoms with Crippen molar-refractivity contribution in [3.8, 4) is 0 Å². The molecule has 0 aliphatic carbocycles. The number of rotatable bonds is 3. The average Bonchev–Trinajstić information content (AvgIpc) is 2.28. The minimum absolute atomic E-state index is 0.463. The maximum atomic E-state index is 5.93. The summed E-state index contributed by atoms with van der Waals surface area (Å²) in [5.41, 5.74) is 0.994. The molecule has 0 unspecified atom stereocenters. The van der Waals surface area contributed by atoms with Crippen molar-refractivity contribution in [3.63, 3.8) is 0 Å². The molecule has 0 saturated carbocycles. The van der Waals surface area contributed by atoms with Crippen LogP contribution >= 0.6 is 34.2 Å². The molecule has 0 aliphatic rings. The molecule has 17 heavy (non-hydrogen) atoms. The third-order valence-electron chi connectivity index (χ3n) is 2.15. The van der Waals surface area contributed by atoms with Crippen LogP contribution in [0.4, 0.5) is 11.5 Å². The van der Waals surface area contributed by atoms with Gasteiger partial charge in [0.05, 0.1) is 0 Å². The summed E-state index contributed by atoms with van der Waals surface area (Å²) in [5, 5.41) is 3.68. The first-order valence-electron chi connectivity index (χ1n) is 5.23. The monoisotopic (exact) mass is 359 g/mol. The Morgan fingerprint density at radius 2 is 2.12 bits per heavy atom. The number of nitrogens with zero attached hydrogens (tertiary/aromatic N) is 2. The Bertz CT molecular complexity index is 531. The van der Waals surface area contributed by atoms with Gasteiger partial charge in [-0.25, -0.2) is 9.97 Å². The van der Waals surface area contributed by atoms with Crippen LogP contribution in [0.5, 0.6) is 0 Å². The lowest BCUT2D eigenvalue weighted by Gasteiger charge is -2.07. The minimum Gasteiger partial charge on any atom is -0.340 e. The van der Waals surface area contributed by atoms with Gasteiger partial charge in [-0.2, -0.15) is 0 Å². The number of hydrogen-bond donors (Lipinski definition) is 1. The van der Waals surface area contributed by atoms with E-state index in [0.717, 1.165) is 23.8 Å². The van der Waals surface area contributed by atoms with E-state index in [1.165, 1.54) is 3.57 Å². The van der Waals surface area contributed by atoms with Crippen LogP contribution in [0.1, 0.15) is 12.7 Å². The average molecular weight is 360 g/mol. The van der Waals surface area contributed by atoms with Gasteiger partial charge in [0.25, 0.3) is 0 Å². The van der Waals surface area contributed by atoms with Crippen LogP contribution in [0.3, 0.4) is 0 Å². The van der Waals surface area contributed by atoms with Crippen molar-refractivity contribution in [2.24, 2.45) is 0 Å². The largest absolute Gasteiger partial charge is 0.340 e. The fraction of sp³-hybridized carbons (Fsp3) is 0.167. The first-order chi connectivity index (χ1) is 8.17. The molecular formula is C12H11ClIN3. The second-order valence-corrected chi connectivity index (χ2v) is 5.11. The Balaban J connectivity index is 2.26. The van der Waals surface area contributed by atoms with Crippen molar-refractivity contribution in [1.29, 1.82) is 0 Å². The zero-order valence-corrected chi connectivity index (χ0v) is 12.2. The van der Waals surface area contributed by atoms with Crippen molar-refractivity contribution in [2.75, 3.05) is 5.32 Å². The summed E-state index contributed by atoms with van der Waals surface area (Å²) in [6.45, 7) is 2.00. The molecule has 88 valence electrons. The highest BCUT2D eigenvalue weighted by atomic mass is 127. The molecule has 1 aromatic heterocycles. The van der Waals surface area contributed by atoms with Gasteiger partial charge in [-0.3, -0.25) is 0 Å². The molecule has 5 heteroatoms. The number of anilines is 2. The summed E-state index contributed by atoms with van der Waals surface area (Å²) in [7, 11) is 0. The summed E-state index contributed by atoms with van der Waals surface area (Å²) < 4.78 is 1.17. The lowest BCUT2D eigenvalue weighted by atomic mass is 10.3. The van der Waals surface area contributed by atoms with Gasteiger partial charge in [0.2, 0.25) is 0 Å². The van der Waals surface area contributed by atoms with E-state index in [4.69, 9.17) is 11.6 Å². The SMILES string of the molecule is CCc1nc(Cl)cc(Nc2cccc(I)c2)n1. The van der Waals surface area contributed by atoms with Crippen LogP contribution in [-0.2, 0) is 6.42 Å². The van der Waals surface area contributed by atoms with Crippen molar-refractivity contribution in [3.05, 3.63) is 44.9 Å². The molecule has 0 bridgehead atoms. The maximum absolute atomic E-state index is 5.93. The van der Waals surface area contributed by atoms with Gasteiger partial charge in [0.15, 0.2) is 0 Å². The third-order valence-corrected chi connectivity index (χ3v) is 3.02. The zero-order chi connectivity index (χ0) is 12.3. The van der Waals surface area contributed by atoms with Gasteiger partial charge in [-0.1, -0.05) is 24.6 Å². The van der Waals surface area contributed by atoms with E-state index in [1.807, 2.05) is 31.2 Å². The Kier molecular flexibility index (Phi) is 4.17. The lowest BCUT2D eigenvalue weighted by molar-refractivity contribution is 0.943. The van der Waals surface area contributed by atoms with Crippen molar-refractivity contribution in [1.82, 2.24) is 9.97 Å². The van der Waals surface area contributed by atoms with E-state index in [9.17, 15) is 0 Å². The summed E-state index contributed by atoms with van der Waals surface area (Å²) >= 11 is 8.20. The molecule has 0 fully saturated rings. The molecule has 0 radical (unpaired) electrons. The quantitative estimate of drug-likeness (QED) is 0.664. The van der Waals surface area contributed by atoms with Crippen LogP contribution in [0.25, 0.3) is 0 Å². The molecule has 0 amide bonds. The molecule has 3 nitrogen and oxygen atoms in total. The Hall–Kier alpha value is -0.880. The molecule has 0 saturated heterocycles. The first kappa shape index (κ1) is 12.6. The van der Waals surface area contributed by atoms with E-state index >= 15 is 0 Å². The van der Waals surface area contributed by atoms with Gasteiger partial charge in [-0.05, 0) is 40.8 Å². The van der Waals surface area contributed by atoms with Gasteiger partial charge in [-0.15, -0.1) is 0 Å².